The Bertz CT molecular complexity index is 696. The zero-order valence-corrected chi connectivity index (χ0v) is 11.5. The molecule has 4 heteroatoms. The van der Waals surface area contributed by atoms with Crippen molar-refractivity contribution in [2.75, 3.05) is 0 Å². The van der Waals surface area contributed by atoms with Gasteiger partial charge in [-0.05, 0) is 31.9 Å². The van der Waals surface area contributed by atoms with E-state index >= 15 is 0 Å². The topological polar surface area (TPSA) is 55.1 Å². The Labute approximate surface area is 118 Å². The maximum absolute atomic E-state index is 12.4. The Morgan fingerprint density at radius 3 is 2.90 bits per heavy atom. The highest BCUT2D eigenvalue weighted by Gasteiger charge is 2.10. The maximum Gasteiger partial charge on any atom is 0.262 e. The Balaban J connectivity index is 2.43. The van der Waals surface area contributed by atoms with Gasteiger partial charge in [0, 0.05) is 6.42 Å². The molecule has 1 heterocycles. The van der Waals surface area contributed by atoms with Crippen LogP contribution in [0.4, 0.5) is 0 Å². The summed E-state index contributed by atoms with van der Waals surface area (Å²) in [6.45, 7) is 1.98. The van der Waals surface area contributed by atoms with Gasteiger partial charge in [-0.25, -0.2) is 4.98 Å². The smallest absolute Gasteiger partial charge is 0.262 e. The number of fused-ring (bicyclic) bond motifs is 1. The maximum atomic E-state index is 12.4. The molecule has 1 aromatic carbocycles. The van der Waals surface area contributed by atoms with Gasteiger partial charge in [-0.1, -0.05) is 18.1 Å². The number of aryl methyl sites for hydroxylation is 1. The van der Waals surface area contributed by atoms with Crippen molar-refractivity contribution in [3.05, 3.63) is 40.4 Å². The van der Waals surface area contributed by atoms with Gasteiger partial charge in [-0.2, -0.15) is 0 Å². The molecule has 0 bridgehead atoms. The molecule has 0 aliphatic heterocycles. The lowest BCUT2D eigenvalue weighted by atomic mass is 10.1. The van der Waals surface area contributed by atoms with Crippen LogP contribution in [0.25, 0.3) is 10.9 Å². The van der Waals surface area contributed by atoms with E-state index in [0.29, 0.717) is 29.6 Å². The van der Waals surface area contributed by atoms with Crippen LogP contribution in [0.1, 0.15) is 25.6 Å². The fourth-order valence-electron chi connectivity index (χ4n) is 2.21. The quantitative estimate of drug-likeness (QED) is 0.842. The summed E-state index contributed by atoms with van der Waals surface area (Å²) in [5.41, 5.74) is 0.596. The Morgan fingerprint density at radius 2 is 2.20 bits per heavy atom. The first-order valence-corrected chi connectivity index (χ1v) is 6.73. The average Bonchev–Trinajstić information content (AvgIpc) is 2.42. The lowest BCUT2D eigenvalue weighted by molar-refractivity contribution is 0.181. The average molecular weight is 270 g/mol. The summed E-state index contributed by atoms with van der Waals surface area (Å²) in [7, 11) is 0. The van der Waals surface area contributed by atoms with E-state index in [1.165, 1.54) is 0 Å². The van der Waals surface area contributed by atoms with Gasteiger partial charge in [0.2, 0.25) is 0 Å². The fourth-order valence-corrected chi connectivity index (χ4v) is 2.21. The number of hydrogen-bond donors (Lipinski definition) is 1. The molecule has 4 nitrogen and oxygen atoms in total. The van der Waals surface area contributed by atoms with Crippen LogP contribution in [0.2, 0.25) is 0 Å². The summed E-state index contributed by atoms with van der Waals surface area (Å²) in [6.07, 6.45) is 7.08. The number of para-hydroxylation sites is 1. The van der Waals surface area contributed by atoms with Crippen LogP contribution < -0.4 is 5.56 Å². The van der Waals surface area contributed by atoms with Crippen molar-refractivity contribution >= 4 is 10.9 Å². The first-order chi connectivity index (χ1) is 9.63. The predicted octanol–water partition coefficient (Wildman–Crippen LogP) is 1.73. The van der Waals surface area contributed by atoms with Crippen LogP contribution in [0.5, 0.6) is 0 Å². The fraction of sp³-hybridized carbons (Fsp3) is 0.375. The van der Waals surface area contributed by atoms with Crippen molar-refractivity contribution < 1.29 is 5.11 Å². The first-order valence-electron chi connectivity index (χ1n) is 6.73. The highest BCUT2D eigenvalue weighted by molar-refractivity contribution is 5.77. The zero-order valence-electron chi connectivity index (χ0n) is 11.5. The van der Waals surface area contributed by atoms with E-state index in [1.54, 1.807) is 17.6 Å². The van der Waals surface area contributed by atoms with Crippen LogP contribution in [0, 0.1) is 12.3 Å². The number of nitrogens with zero attached hydrogens (tertiary/aromatic N) is 2. The molecular weight excluding hydrogens is 252 g/mol. The Hall–Kier alpha value is -2.12. The van der Waals surface area contributed by atoms with Gasteiger partial charge in [0.25, 0.3) is 5.56 Å². The molecule has 1 atom stereocenters. The number of aromatic nitrogens is 2. The number of aliphatic hydroxyl groups excluding tert-OH is 1. The van der Waals surface area contributed by atoms with E-state index < -0.39 is 0 Å². The molecule has 2 rings (SSSR count). The summed E-state index contributed by atoms with van der Waals surface area (Å²) < 4.78 is 1.55. The summed E-state index contributed by atoms with van der Waals surface area (Å²) >= 11 is 0. The second-order valence-electron chi connectivity index (χ2n) is 4.88. The van der Waals surface area contributed by atoms with E-state index in [9.17, 15) is 9.90 Å². The number of aliphatic hydroxyl groups is 1. The minimum absolute atomic E-state index is 0.0967. The second kappa shape index (κ2) is 6.36. The molecule has 1 N–H and O–H groups in total. The molecule has 104 valence electrons. The van der Waals surface area contributed by atoms with Crippen molar-refractivity contribution in [1.29, 1.82) is 0 Å². The number of terminal acetylenes is 1. The highest BCUT2D eigenvalue weighted by atomic mass is 16.3. The van der Waals surface area contributed by atoms with Crippen molar-refractivity contribution in [2.24, 2.45) is 0 Å². The second-order valence-corrected chi connectivity index (χ2v) is 4.88. The molecule has 20 heavy (non-hydrogen) atoms. The van der Waals surface area contributed by atoms with Crippen molar-refractivity contribution in [2.45, 2.75) is 38.8 Å². The lowest BCUT2D eigenvalue weighted by Crippen LogP contribution is -2.25. The minimum Gasteiger partial charge on any atom is -0.393 e. The molecule has 0 radical (unpaired) electrons. The third kappa shape index (κ3) is 3.06. The molecule has 2 aromatic rings. The van der Waals surface area contributed by atoms with Gasteiger partial charge in [0.05, 0.1) is 23.6 Å². The summed E-state index contributed by atoms with van der Waals surface area (Å²) in [6, 6.07) is 7.27. The van der Waals surface area contributed by atoms with Gasteiger partial charge in [-0.3, -0.25) is 9.36 Å². The van der Waals surface area contributed by atoms with Crippen molar-refractivity contribution in [1.82, 2.24) is 9.55 Å². The van der Waals surface area contributed by atoms with E-state index in [4.69, 9.17) is 6.42 Å². The molecule has 1 unspecified atom stereocenters. The third-order valence-electron chi connectivity index (χ3n) is 3.21. The van der Waals surface area contributed by atoms with Gasteiger partial charge in [0.15, 0.2) is 0 Å². The monoisotopic (exact) mass is 270 g/mol. The Morgan fingerprint density at radius 1 is 1.45 bits per heavy atom. The van der Waals surface area contributed by atoms with Crippen LogP contribution in [0.3, 0.4) is 0 Å². The van der Waals surface area contributed by atoms with Gasteiger partial charge in [-0.15, -0.1) is 6.42 Å². The summed E-state index contributed by atoms with van der Waals surface area (Å²) in [5, 5.41) is 9.89. The summed E-state index contributed by atoms with van der Waals surface area (Å²) in [4.78, 5) is 17.0. The van der Waals surface area contributed by atoms with Gasteiger partial charge >= 0.3 is 0 Å². The lowest BCUT2D eigenvalue weighted by Gasteiger charge is -2.11. The minimum atomic E-state index is -0.344. The first kappa shape index (κ1) is 14.3. The van der Waals surface area contributed by atoms with Crippen LogP contribution >= 0.6 is 0 Å². The van der Waals surface area contributed by atoms with E-state index in [1.807, 2.05) is 18.2 Å². The number of benzene rings is 1. The molecular formula is C16H18N2O2. The standard InChI is InChI=1S/C16H18N2O2/c1-3-11-18-15(10-6-7-12(2)19)17-14-9-5-4-8-13(14)16(18)20/h1,4-5,8-9,12,19H,6-7,10-11H2,2H3. The highest BCUT2D eigenvalue weighted by Crippen LogP contribution is 2.10. The summed E-state index contributed by atoms with van der Waals surface area (Å²) in [5.74, 6) is 3.19. The van der Waals surface area contributed by atoms with Gasteiger partial charge in [0.1, 0.15) is 5.82 Å². The number of rotatable bonds is 5. The van der Waals surface area contributed by atoms with Crippen molar-refractivity contribution in [3.63, 3.8) is 0 Å². The molecule has 0 fully saturated rings. The molecule has 0 saturated heterocycles. The molecule has 0 aliphatic carbocycles. The predicted molar refractivity (Wildman–Crippen MR) is 79.5 cm³/mol. The number of hydrogen-bond acceptors (Lipinski definition) is 3. The molecule has 0 saturated carbocycles. The Kier molecular flexibility index (Phi) is 4.54. The van der Waals surface area contributed by atoms with Gasteiger partial charge < -0.3 is 5.11 Å². The molecule has 0 aliphatic rings. The van der Waals surface area contributed by atoms with Crippen LogP contribution in [0.15, 0.2) is 29.1 Å². The van der Waals surface area contributed by atoms with Crippen LogP contribution in [-0.2, 0) is 13.0 Å². The normalized spacial score (nSPS) is 12.2. The molecule has 1 aromatic heterocycles. The van der Waals surface area contributed by atoms with E-state index in [2.05, 4.69) is 10.9 Å². The SMILES string of the molecule is C#CCn1c(CCCC(C)O)nc2ccccc2c1=O. The van der Waals surface area contributed by atoms with Crippen LogP contribution in [-0.4, -0.2) is 20.8 Å². The van der Waals surface area contributed by atoms with E-state index in [0.717, 1.165) is 6.42 Å². The molecule has 0 spiro atoms. The zero-order chi connectivity index (χ0) is 14.5. The molecule has 0 amide bonds. The largest absolute Gasteiger partial charge is 0.393 e. The van der Waals surface area contributed by atoms with E-state index in [-0.39, 0.29) is 18.2 Å². The van der Waals surface area contributed by atoms with Crippen molar-refractivity contribution in [3.8, 4) is 12.3 Å². The third-order valence-corrected chi connectivity index (χ3v) is 3.21.